The summed E-state index contributed by atoms with van der Waals surface area (Å²) in [4.78, 5) is 0. The molecule has 0 rings (SSSR count). The second-order valence-electron chi connectivity index (χ2n) is 8.79. The Hall–Kier alpha value is -0.0900. The summed E-state index contributed by atoms with van der Waals surface area (Å²) in [6, 6.07) is 0. The average molecular weight is 529 g/mol. The summed E-state index contributed by atoms with van der Waals surface area (Å²) in [5.74, 6) is 0. The molecule has 0 aliphatic carbocycles. The molecule has 0 aromatic rings. The van der Waals surface area contributed by atoms with Gasteiger partial charge in [-0.2, -0.15) is 0 Å². The molecule has 0 radical (unpaired) electrons. The van der Waals surface area contributed by atoms with E-state index in [1.165, 1.54) is 14.2 Å². The highest BCUT2D eigenvalue weighted by molar-refractivity contribution is 7.53. The normalized spacial score (nSPS) is 16.7. The van der Waals surface area contributed by atoms with Gasteiger partial charge in [0, 0.05) is 40.6 Å². The van der Waals surface area contributed by atoms with Crippen LogP contribution in [0.3, 0.4) is 0 Å². The maximum atomic E-state index is 12.8. The first-order valence-corrected chi connectivity index (χ1v) is 15.1. The van der Waals surface area contributed by atoms with Crippen LogP contribution >= 0.6 is 7.60 Å². The molecule has 0 aromatic heterocycles. The minimum Gasteiger partial charge on any atom is -0.390 e. The Bertz CT molecular complexity index is 515. The first-order chi connectivity index (χ1) is 16.8. The fraction of sp³-hybridized carbons (Fsp3) is 1.00. The summed E-state index contributed by atoms with van der Waals surface area (Å²) in [6.45, 7) is 10.1. The van der Waals surface area contributed by atoms with Crippen molar-refractivity contribution < 1.29 is 42.8 Å². The summed E-state index contributed by atoms with van der Waals surface area (Å²) >= 11 is 0. The van der Waals surface area contributed by atoms with Gasteiger partial charge in [0.2, 0.25) is 0 Å². The zero-order valence-corrected chi connectivity index (χ0v) is 23.9. The number of hydrogen-bond acceptors (Lipinski definition) is 9. The lowest BCUT2D eigenvalue weighted by atomic mass is 9.98. The third-order valence-corrected chi connectivity index (χ3v) is 7.66. The summed E-state index contributed by atoms with van der Waals surface area (Å²) in [7, 11) is -0.951. The SMILES string of the molecule is CCCCOC[C@@H](O)[C@@H](OCCCC)[C@H](OCCCC)[C@@H](OCCCC)C(O)CP(=O)(OC)OC. The van der Waals surface area contributed by atoms with Crippen molar-refractivity contribution in [1.82, 2.24) is 0 Å². The van der Waals surface area contributed by atoms with Gasteiger partial charge in [0.25, 0.3) is 0 Å². The van der Waals surface area contributed by atoms with Crippen molar-refractivity contribution in [2.24, 2.45) is 0 Å². The fourth-order valence-corrected chi connectivity index (χ4v) is 4.53. The maximum absolute atomic E-state index is 12.8. The molecular formula is C25H53O9P. The van der Waals surface area contributed by atoms with Gasteiger partial charge >= 0.3 is 7.60 Å². The van der Waals surface area contributed by atoms with Gasteiger partial charge in [-0.1, -0.05) is 53.4 Å². The van der Waals surface area contributed by atoms with Crippen molar-refractivity contribution >= 4 is 7.60 Å². The molecule has 9 nitrogen and oxygen atoms in total. The van der Waals surface area contributed by atoms with Gasteiger partial charge in [-0.15, -0.1) is 0 Å². The van der Waals surface area contributed by atoms with E-state index < -0.39 is 38.1 Å². The molecule has 0 aliphatic heterocycles. The molecule has 0 aromatic carbocycles. The minimum absolute atomic E-state index is 0.0802. The van der Waals surface area contributed by atoms with Gasteiger partial charge in [-0.25, -0.2) is 0 Å². The van der Waals surface area contributed by atoms with Crippen LogP contribution in [-0.4, -0.2) is 94.1 Å². The van der Waals surface area contributed by atoms with Crippen LogP contribution in [0.1, 0.15) is 79.1 Å². The lowest BCUT2D eigenvalue weighted by Crippen LogP contribution is -2.54. The Balaban J connectivity index is 5.98. The number of unbranched alkanes of at least 4 members (excludes halogenated alkanes) is 4. The average Bonchev–Trinajstić information content (AvgIpc) is 2.85. The number of aliphatic hydroxyl groups is 2. The van der Waals surface area contributed by atoms with E-state index in [0.717, 1.165) is 51.4 Å². The highest BCUT2D eigenvalue weighted by atomic mass is 31.2. The number of hydrogen-bond donors (Lipinski definition) is 2. The van der Waals surface area contributed by atoms with E-state index >= 15 is 0 Å². The van der Waals surface area contributed by atoms with Crippen LogP contribution in [0.2, 0.25) is 0 Å². The summed E-state index contributed by atoms with van der Waals surface area (Å²) in [5, 5.41) is 22.3. The van der Waals surface area contributed by atoms with Crippen LogP contribution in [0.4, 0.5) is 0 Å². The molecule has 0 bridgehead atoms. The highest BCUT2D eigenvalue weighted by Gasteiger charge is 2.42. The smallest absolute Gasteiger partial charge is 0.332 e. The number of ether oxygens (including phenoxy) is 4. The lowest BCUT2D eigenvalue weighted by Gasteiger charge is -2.38. The minimum atomic E-state index is -3.52. The van der Waals surface area contributed by atoms with Crippen molar-refractivity contribution in [2.75, 3.05) is 53.4 Å². The van der Waals surface area contributed by atoms with E-state index in [0.29, 0.717) is 26.4 Å². The van der Waals surface area contributed by atoms with Crippen LogP contribution in [0.5, 0.6) is 0 Å². The predicted molar refractivity (Wildman–Crippen MR) is 138 cm³/mol. The van der Waals surface area contributed by atoms with Crippen LogP contribution in [-0.2, 0) is 32.6 Å². The zero-order valence-electron chi connectivity index (χ0n) is 23.0. The lowest BCUT2D eigenvalue weighted by molar-refractivity contribution is -0.194. The molecule has 0 amide bonds. The molecule has 2 N–H and O–H groups in total. The first-order valence-electron chi connectivity index (χ1n) is 13.3. The van der Waals surface area contributed by atoms with Crippen molar-refractivity contribution in [3.63, 3.8) is 0 Å². The van der Waals surface area contributed by atoms with E-state index in [-0.39, 0.29) is 12.8 Å². The first kappa shape index (κ1) is 34.9. The Labute approximate surface area is 213 Å². The maximum Gasteiger partial charge on any atom is 0.332 e. The molecule has 0 saturated carbocycles. The Kier molecular flexibility index (Phi) is 21.9. The number of aliphatic hydroxyl groups excluding tert-OH is 2. The van der Waals surface area contributed by atoms with E-state index in [4.69, 9.17) is 28.0 Å². The fourth-order valence-electron chi connectivity index (χ4n) is 3.42. The van der Waals surface area contributed by atoms with Crippen molar-refractivity contribution in [1.29, 1.82) is 0 Å². The predicted octanol–water partition coefficient (Wildman–Crippen LogP) is 4.57. The van der Waals surface area contributed by atoms with E-state index in [9.17, 15) is 14.8 Å². The second kappa shape index (κ2) is 21.9. The van der Waals surface area contributed by atoms with Crippen LogP contribution in [0.25, 0.3) is 0 Å². The summed E-state index contributed by atoms with van der Waals surface area (Å²) in [6.07, 6.45) is 2.04. The zero-order chi connectivity index (χ0) is 26.5. The molecule has 5 atom stereocenters. The molecule has 35 heavy (non-hydrogen) atoms. The van der Waals surface area contributed by atoms with Gasteiger partial charge in [-0.3, -0.25) is 4.57 Å². The summed E-state index contributed by atoms with van der Waals surface area (Å²) in [5.41, 5.74) is 0. The molecule has 0 fully saturated rings. The molecule has 0 spiro atoms. The molecule has 212 valence electrons. The van der Waals surface area contributed by atoms with Gasteiger partial charge in [0.05, 0.1) is 18.9 Å². The second-order valence-corrected chi connectivity index (χ2v) is 11.1. The largest absolute Gasteiger partial charge is 0.390 e. The van der Waals surface area contributed by atoms with Gasteiger partial charge in [0.15, 0.2) is 0 Å². The molecule has 0 aliphatic rings. The quantitative estimate of drug-likeness (QED) is 0.130. The van der Waals surface area contributed by atoms with Crippen LogP contribution in [0.15, 0.2) is 0 Å². The third kappa shape index (κ3) is 15.0. The van der Waals surface area contributed by atoms with Crippen molar-refractivity contribution in [3.8, 4) is 0 Å². The van der Waals surface area contributed by atoms with Crippen LogP contribution < -0.4 is 0 Å². The van der Waals surface area contributed by atoms with E-state index in [1.807, 2.05) is 6.92 Å². The van der Waals surface area contributed by atoms with Crippen LogP contribution in [0, 0.1) is 0 Å². The Morgan fingerprint density at radius 3 is 1.46 bits per heavy atom. The summed E-state index contributed by atoms with van der Waals surface area (Å²) < 4.78 is 47.1. The Morgan fingerprint density at radius 1 is 0.629 bits per heavy atom. The van der Waals surface area contributed by atoms with E-state index in [2.05, 4.69) is 20.8 Å². The molecule has 1 unspecified atom stereocenters. The molecule has 0 heterocycles. The third-order valence-electron chi connectivity index (χ3n) is 5.73. The highest BCUT2D eigenvalue weighted by Crippen LogP contribution is 2.47. The van der Waals surface area contributed by atoms with Gasteiger partial charge in [-0.05, 0) is 25.7 Å². The Morgan fingerprint density at radius 2 is 1.03 bits per heavy atom. The van der Waals surface area contributed by atoms with Crippen molar-refractivity contribution in [3.05, 3.63) is 0 Å². The topological polar surface area (TPSA) is 113 Å². The molecular weight excluding hydrogens is 475 g/mol. The van der Waals surface area contributed by atoms with Crippen molar-refractivity contribution in [2.45, 2.75) is 110 Å². The van der Waals surface area contributed by atoms with Gasteiger partial charge in [0.1, 0.15) is 24.4 Å². The van der Waals surface area contributed by atoms with E-state index in [1.54, 1.807) is 0 Å². The standard InChI is InChI=1S/C25H53O9P/c1-7-11-15-31-19-21(26)23(32-16-12-8-2)25(34-18-14-10-4)24(33-17-13-9-3)22(27)20-35(28,29-5)30-6/h21-27H,7-20H2,1-6H3/t21-,22?,23-,24+,25+/m1/s1. The molecule has 0 saturated heterocycles. The number of rotatable bonds is 25. The monoisotopic (exact) mass is 528 g/mol. The molecule has 10 heteroatoms. The van der Waals surface area contributed by atoms with Gasteiger partial charge < -0.3 is 38.2 Å².